The molecular formula is C15H26N2O4. The van der Waals surface area contributed by atoms with Crippen molar-refractivity contribution in [3.8, 4) is 0 Å². The molecule has 2 aliphatic rings. The molecule has 0 spiro atoms. The van der Waals surface area contributed by atoms with Gasteiger partial charge in [-0.05, 0) is 18.3 Å². The van der Waals surface area contributed by atoms with Gasteiger partial charge in [0.2, 0.25) is 0 Å². The Kier molecular flexibility index (Phi) is 5.85. The van der Waals surface area contributed by atoms with Gasteiger partial charge in [-0.25, -0.2) is 9.59 Å². The number of morpholine rings is 1. The number of rotatable bonds is 4. The number of carboxylic acids is 1. The van der Waals surface area contributed by atoms with Crippen LogP contribution in [-0.2, 0) is 9.53 Å². The number of aliphatic carboxylic acids is 1. The van der Waals surface area contributed by atoms with Crippen LogP contribution >= 0.6 is 0 Å². The zero-order valence-corrected chi connectivity index (χ0v) is 12.7. The molecule has 1 heterocycles. The number of nitrogens with zero attached hydrogens (tertiary/aromatic N) is 1. The van der Waals surface area contributed by atoms with Crippen molar-refractivity contribution in [2.75, 3.05) is 26.2 Å². The van der Waals surface area contributed by atoms with E-state index in [4.69, 9.17) is 9.84 Å². The van der Waals surface area contributed by atoms with Crippen LogP contribution in [0, 0.1) is 11.8 Å². The Labute approximate surface area is 125 Å². The van der Waals surface area contributed by atoms with E-state index in [1.807, 2.05) is 0 Å². The first kappa shape index (κ1) is 16.1. The molecule has 6 nitrogen and oxygen atoms in total. The first-order valence-corrected chi connectivity index (χ1v) is 7.93. The molecule has 2 rings (SSSR count). The summed E-state index contributed by atoms with van der Waals surface area (Å²) in [6, 6.07) is -0.172. The third-order valence-electron chi connectivity index (χ3n) is 4.59. The molecule has 0 radical (unpaired) electrons. The maximum atomic E-state index is 12.0. The van der Waals surface area contributed by atoms with Crippen molar-refractivity contribution in [1.29, 1.82) is 0 Å². The summed E-state index contributed by atoms with van der Waals surface area (Å²) in [7, 11) is 0. The molecule has 0 aromatic rings. The Morgan fingerprint density at radius 1 is 1.29 bits per heavy atom. The molecule has 1 saturated heterocycles. The smallest absolute Gasteiger partial charge is 0.334 e. The number of carboxylic acid groups (broad SMARTS) is 1. The molecule has 1 saturated carbocycles. The van der Waals surface area contributed by atoms with E-state index in [1.54, 1.807) is 0 Å². The van der Waals surface area contributed by atoms with Crippen LogP contribution in [-0.4, -0.2) is 54.4 Å². The Hall–Kier alpha value is -1.30. The van der Waals surface area contributed by atoms with Gasteiger partial charge in [-0.2, -0.15) is 0 Å². The fourth-order valence-corrected chi connectivity index (χ4v) is 3.10. The quantitative estimate of drug-likeness (QED) is 0.828. The number of urea groups is 1. The zero-order chi connectivity index (χ0) is 15.2. The molecule has 1 aliphatic heterocycles. The lowest BCUT2D eigenvalue weighted by Crippen LogP contribution is -2.52. The van der Waals surface area contributed by atoms with E-state index >= 15 is 0 Å². The van der Waals surface area contributed by atoms with E-state index in [0.29, 0.717) is 13.1 Å². The highest BCUT2D eigenvalue weighted by atomic mass is 16.5. The summed E-state index contributed by atoms with van der Waals surface area (Å²) < 4.78 is 5.11. The second-order valence-corrected chi connectivity index (χ2v) is 6.29. The number of carbonyl (C=O) groups excluding carboxylic acids is 1. The van der Waals surface area contributed by atoms with Gasteiger partial charge in [0.1, 0.15) is 0 Å². The molecular weight excluding hydrogens is 272 g/mol. The van der Waals surface area contributed by atoms with Crippen LogP contribution in [0.2, 0.25) is 0 Å². The molecule has 2 N–H and O–H groups in total. The molecule has 2 fully saturated rings. The molecule has 1 unspecified atom stereocenters. The topological polar surface area (TPSA) is 78.9 Å². The highest BCUT2D eigenvalue weighted by molar-refractivity contribution is 5.77. The lowest BCUT2D eigenvalue weighted by atomic mass is 9.81. The van der Waals surface area contributed by atoms with Crippen LogP contribution in [0.15, 0.2) is 0 Å². The van der Waals surface area contributed by atoms with Crippen LogP contribution in [0.3, 0.4) is 0 Å². The van der Waals surface area contributed by atoms with Gasteiger partial charge in [-0.15, -0.1) is 0 Å². The fraction of sp³-hybridized carbons (Fsp3) is 0.867. The first-order chi connectivity index (χ1) is 10.1. The maximum absolute atomic E-state index is 12.0. The SMILES string of the molecule is CC1CCC(CCNC(=O)N2CCOC(C(=O)O)C2)CC1. The number of hydrogen-bond donors (Lipinski definition) is 2. The standard InChI is InChI=1S/C15H26N2O4/c1-11-2-4-12(5-3-11)6-7-16-15(20)17-8-9-21-13(10-17)14(18)19/h11-13H,2-10H2,1H3,(H,16,20)(H,18,19). The minimum absolute atomic E-state index is 0.127. The Morgan fingerprint density at radius 2 is 2.00 bits per heavy atom. The minimum atomic E-state index is -1.01. The summed E-state index contributed by atoms with van der Waals surface area (Å²) in [5.74, 6) is 0.555. The molecule has 6 heteroatoms. The van der Waals surface area contributed by atoms with Gasteiger partial charge in [0.05, 0.1) is 13.2 Å². The van der Waals surface area contributed by atoms with Crippen molar-refractivity contribution in [2.45, 2.75) is 45.1 Å². The average molecular weight is 298 g/mol. The van der Waals surface area contributed by atoms with E-state index in [2.05, 4.69) is 12.2 Å². The van der Waals surface area contributed by atoms with Crippen LogP contribution in [0.5, 0.6) is 0 Å². The van der Waals surface area contributed by atoms with Gasteiger partial charge in [-0.1, -0.05) is 32.6 Å². The van der Waals surface area contributed by atoms with E-state index in [9.17, 15) is 9.59 Å². The van der Waals surface area contributed by atoms with Crippen molar-refractivity contribution in [3.63, 3.8) is 0 Å². The average Bonchev–Trinajstić information content (AvgIpc) is 2.49. The second-order valence-electron chi connectivity index (χ2n) is 6.29. The van der Waals surface area contributed by atoms with Gasteiger partial charge in [0.15, 0.2) is 6.10 Å². The van der Waals surface area contributed by atoms with Gasteiger partial charge < -0.3 is 20.1 Å². The molecule has 0 bridgehead atoms. The molecule has 0 aromatic carbocycles. The predicted octanol–water partition coefficient (Wildman–Crippen LogP) is 1.70. The van der Waals surface area contributed by atoms with Crippen molar-refractivity contribution < 1.29 is 19.4 Å². The van der Waals surface area contributed by atoms with Crippen LogP contribution in [0.4, 0.5) is 4.79 Å². The minimum Gasteiger partial charge on any atom is -0.479 e. The molecule has 1 atom stereocenters. The summed E-state index contributed by atoms with van der Waals surface area (Å²) >= 11 is 0. The Bertz CT molecular complexity index is 367. The van der Waals surface area contributed by atoms with Crippen LogP contribution < -0.4 is 5.32 Å². The number of nitrogens with one attached hydrogen (secondary N) is 1. The first-order valence-electron chi connectivity index (χ1n) is 7.93. The van der Waals surface area contributed by atoms with E-state index in [1.165, 1.54) is 30.6 Å². The summed E-state index contributed by atoms with van der Waals surface area (Å²) in [5.41, 5.74) is 0. The molecule has 21 heavy (non-hydrogen) atoms. The number of ether oxygens (including phenoxy) is 1. The maximum Gasteiger partial charge on any atom is 0.334 e. The summed E-state index contributed by atoms with van der Waals surface area (Å²) in [4.78, 5) is 24.4. The Morgan fingerprint density at radius 3 is 2.67 bits per heavy atom. The molecule has 1 aliphatic carbocycles. The van der Waals surface area contributed by atoms with E-state index in [-0.39, 0.29) is 19.2 Å². The van der Waals surface area contributed by atoms with E-state index < -0.39 is 12.1 Å². The highest BCUT2D eigenvalue weighted by Gasteiger charge is 2.28. The summed E-state index contributed by atoms with van der Waals surface area (Å²) in [6.45, 7) is 3.84. The molecule has 120 valence electrons. The second kappa shape index (κ2) is 7.64. The molecule has 0 aromatic heterocycles. The van der Waals surface area contributed by atoms with Gasteiger partial charge in [0, 0.05) is 13.1 Å². The third kappa shape index (κ3) is 4.88. The van der Waals surface area contributed by atoms with E-state index in [0.717, 1.165) is 18.3 Å². The van der Waals surface area contributed by atoms with Gasteiger partial charge in [0.25, 0.3) is 0 Å². The Balaban J connectivity index is 1.66. The molecule has 2 amide bonds. The van der Waals surface area contributed by atoms with Crippen molar-refractivity contribution in [2.24, 2.45) is 11.8 Å². The summed E-state index contributed by atoms with van der Waals surface area (Å²) in [6.07, 6.45) is 5.23. The largest absolute Gasteiger partial charge is 0.479 e. The van der Waals surface area contributed by atoms with Crippen LogP contribution in [0.1, 0.15) is 39.0 Å². The monoisotopic (exact) mass is 298 g/mol. The van der Waals surface area contributed by atoms with Gasteiger partial charge >= 0.3 is 12.0 Å². The lowest BCUT2D eigenvalue weighted by molar-refractivity contribution is -0.154. The number of carbonyl (C=O) groups is 2. The highest BCUT2D eigenvalue weighted by Crippen LogP contribution is 2.29. The van der Waals surface area contributed by atoms with Crippen molar-refractivity contribution >= 4 is 12.0 Å². The number of hydrogen-bond acceptors (Lipinski definition) is 3. The van der Waals surface area contributed by atoms with Crippen molar-refractivity contribution in [3.05, 3.63) is 0 Å². The fourth-order valence-electron chi connectivity index (χ4n) is 3.10. The number of amides is 2. The van der Waals surface area contributed by atoms with Crippen molar-refractivity contribution in [1.82, 2.24) is 10.2 Å². The van der Waals surface area contributed by atoms with Crippen LogP contribution in [0.25, 0.3) is 0 Å². The lowest BCUT2D eigenvalue weighted by Gasteiger charge is -2.31. The summed E-state index contributed by atoms with van der Waals surface area (Å²) in [5, 5.41) is 11.8. The normalized spacial score (nSPS) is 30.0. The predicted molar refractivity (Wildman–Crippen MR) is 78.1 cm³/mol. The third-order valence-corrected chi connectivity index (χ3v) is 4.59. The van der Waals surface area contributed by atoms with Gasteiger partial charge in [-0.3, -0.25) is 0 Å². The zero-order valence-electron chi connectivity index (χ0n) is 12.7.